The number of anilines is 2. The van der Waals surface area contributed by atoms with Gasteiger partial charge in [-0.2, -0.15) is 5.26 Å². The van der Waals surface area contributed by atoms with Gasteiger partial charge < -0.3 is 15.4 Å². The van der Waals surface area contributed by atoms with Gasteiger partial charge in [-0.05, 0) is 85.1 Å². The van der Waals surface area contributed by atoms with Crippen LogP contribution in [0, 0.1) is 25.2 Å². The number of hydrogen-bond acceptors (Lipinski definition) is 4. The summed E-state index contributed by atoms with van der Waals surface area (Å²) < 4.78 is 5.53. The average Bonchev–Trinajstić information content (AvgIpc) is 2.80. The zero-order chi connectivity index (χ0) is 24.7. The molecule has 0 aromatic heterocycles. The van der Waals surface area contributed by atoms with Crippen molar-refractivity contribution in [2.45, 2.75) is 13.8 Å². The molecule has 0 aliphatic rings. The molecule has 0 unspecified atom stereocenters. The van der Waals surface area contributed by atoms with Crippen LogP contribution in [0.25, 0.3) is 6.08 Å². The number of nitriles is 1. The number of benzene rings is 3. The maximum Gasteiger partial charge on any atom is 0.266 e. The van der Waals surface area contributed by atoms with Crippen molar-refractivity contribution in [1.82, 2.24) is 0 Å². The summed E-state index contributed by atoms with van der Waals surface area (Å²) in [4.78, 5) is 24.6. The maximum absolute atomic E-state index is 12.4. The van der Waals surface area contributed by atoms with E-state index in [9.17, 15) is 14.9 Å². The van der Waals surface area contributed by atoms with Crippen molar-refractivity contribution in [2.24, 2.45) is 0 Å². The Morgan fingerprint density at radius 1 is 0.941 bits per heavy atom. The molecule has 8 heteroatoms. The lowest BCUT2D eigenvalue weighted by molar-refractivity contribution is -0.118. The number of nitrogens with zero attached hydrogens (tertiary/aromatic N) is 1. The second kappa shape index (κ2) is 11.4. The molecule has 0 atom stereocenters. The van der Waals surface area contributed by atoms with Gasteiger partial charge in [0.15, 0.2) is 6.61 Å². The molecular weight excluding hydrogens is 473 g/mol. The van der Waals surface area contributed by atoms with E-state index < -0.39 is 5.91 Å². The second-order valence-corrected chi connectivity index (χ2v) is 8.30. The minimum Gasteiger partial charge on any atom is -0.482 e. The second-order valence-electron chi connectivity index (χ2n) is 7.46. The van der Waals surface area contributed by atoms with E-state index in [1.807, 2.05) is 38.1 Å². The molecule has 172 valence electrons. The Balaban J connectivity index is 1.62. The summed E-state index contributed by atoms with van der Waals surface area (Å²) in [5.41, 5.74) is 3.83. The first kappa shape index (κ1) is 24.8. The minimum absolute atomic E-state index is 0.104. The number of amides is 2. The standard InChI is InChI=1S/C26H21Cl2N3O3/c1-16-3-7-22(11-17(16)2)30-25(32)15-34-24-10-4-18(13-23(24)28)12-19(14-29)26(33)31-21-8-5-20(27)6-9-21/h3-13H,15H2,1-2H3,(H,30,32)(H,31,33)/b19-12-. The highest BCUT2D eigenvalue weighted by atomic mass is 35.5. The third-order valence-corrected chi connectivity index (χ3v) is 5.43. The Hall–Kier alpha value is -3.79. The molecule has 34 heavy (non-hydrogen) atoms. The van der Waals surface area contributed by atoms with E-state index in [0.29, 0.717) is 27.7 Å². The molecule has 0 heterocycles. The van der Waals surface area contributed by atoms with Crippen LogP contribution < -0.4 is 15.4 Å². The summed E-state index contributed by atoms with van der Waals surface area (Å²) in [5, 5.41) is 15.6. The lowest BCUT2D eigenvalue weighted by Crippen LogP contribution is -2.20. The Kier molecular flexibility index (Phi) is 8.31. The highest BCUT2D eigenvalue weighted by Crippen LogP contribution is 2.27. The fourth-order valence-electron chi connectivity index (χ4n) is 2.93. The van der Waals surface area contributed by atoms with Gasteiger partial charge in [0.2, 0.25) is 0 Å². The quantitative estimate of drug-likeness (QED) is 0.304. The summed E-state index contributed by atoms with van der Waals surface area (Å²) in [6.45, 7) is 3.74. The maximum atomic E-state index is 12.4. The number of halogens is 2. The van der Waals surface area contributed by atoms with Gasteiger partial charge in [0.25, 0.3) is 11.8 Å². The van der Waals surface area contributed by atoms with Crippen molar-refractivity contribution in [3.05, 3.63) is 93.0 Å². The summed E-state index contributed by atoms with van der Waals surface area (Å²) in [7, 11) is 0. The molecular formula is C26H21Cl2N3O3. The monoisotopic (exact) mass is 493 g/mol. The summed E-state index contributed by atoms with van der Waals surface area (Å²) in [6.07, 6.45) is 1.41. The van der Waals surface area contributed by atoms with Crippen molar-refractivity contribution in [2.75, 3.05) is 17.2 Å². The van der Waals surface area contributed by atoms with Gasteiger partial charge in [0, 0.05) is 16.4 Å². The smallest absolute Gasteiger partial charge is 0.266 e. The zero-order valence-corrected chi connectivity index (χ0v) is 20.0. The summed E-state index contributed by atoms with van der Waals surface area (Å²) in [5.74, 6) is -0.587. The third kappa shape index (κ3) is 6.85. The molecule has 0 fully saturated rings. The van der Waals surface area contributed by atoms with Crippen LogP contribution in [0.4, 0.5) is 11.4 Å². The molecule has 2 N–H and O–H groups in total. The van der Waals surface area contributed by atoms with Gasteiger partial charge in [-0.25, -0.2) is 0 Å². The number of carbonyl (C=O) groups is 2. The molecule has 0 spiro atoms. The molecule has 3 aromatic carbocycles. The van der Waals surface area contributed by atoms with Crippen LogP contribution in [0.2, 0.25) is 10.0 Å². The van der Waals surface area contributed by atoms with Crippen molar-refractivity contribution >= 4 is 52.5 Å². The van der Waals surface area contributed by atoms with Crippen LogP contribution >= 0.6 is 23.2 Å². The van der Waals surface area contributed by atoms with E-state index in [-0.39, 0.29) is 23.1 Å². The molecule has 2 amide bonds. The van der Waals surface area contributed by atoms with Crippen molar-refractivity contribution in [3.63, 3.8) is 0 Å². The van der Waals surface area contributed by atoms with Crippen molar-refractivity contribution in [1.29, 1.82) is 5.26 Å². The normalized spacial score (nSPS) is 10.9. The molecule has 0 saturated heterocycles. The average molecular weight is 494 g/mol. The van der Waals surface area contributed by atoms with Crippen LogP contribution in [0.1, 0.15) is 16.7 Å². The van der Waals surface area contributed by atoms with E-state index in [1.165, 1.54) is 6.08 Å². The Bertz CT molecular complexity index is 1300. The summed E-state index contributed by atoms with van der Waals surface area (Å²) in [6, 6.07) is 18.8. The molecule has 6 nitrogen and oxygen atoms in total. The Labute approximate surface area is 207 Å². The largest absolute Gasteiger partial charge is 0.482 e. The number of aryl methyl sites for hydroxylation is 2. The van der Waals surface area contributed by atoms with E-state index in [2.05, 4.69) is 10.6 Å². The van der Waals surface area contributed by atoms with E-state index in [1.54, 1.807) is 42.5 Å². The number of carbonyl (C=O) groups excluding carboxylic acids is 2. The molecule has 0 saturated carbocycles. The molecule has 0 aliphatic heterocycles. The van der Waals surface area contributed by atoms with E-state index in [0.717, 1.165) is 11.1 Å². The van der Waals surface area contributed by atoms with Gasteiger partial charge in [-0.3, -0.25) is 9.59 Å². The lowest BCUT2D eigenvalue weighted by Gasteiger charge is -2.10. The van der Waals surface area contributed by atoms with Crippen LogP contribution in [0.5, 0.6) is 5.75 Å². The fourth-order valence-corrected chi connectivity index (χ4v) is 3.30. The molecule has 0 aliphatic carbocycles. The Morgan fingerprint density at radius 3 is 2.29 bits per heavy atom. The third-order valence-electron chi connectivity index (χ3n) is 4.88. The van der Waals surface area contributed by atoms with E-state index >= 15 is 0 Å². The number of nitrogens with one attached hydrogen (secondary N) is 2. The van der Waals surface area contributed by atoms with Crippen molar-refractivity contribution < 1.29 is 14.3 Å². The van der Waals surface area contributed by atoms with Crippen LogP contribution in [-0.2, 0) is 9.59 Å². The van der Waals surface area contributed by atoms with Crippen LogP contribution in [0.3, 0.4) is 0 Å². The summed E-state index contributed by atoms with van der Waals surface area (Å²) >= 11 is 12.1. The first-order chi connectivity index (χ1) is 16.2. The number of rotatable bonds is 7. The fraction of sp³-hybridized carbons (Fsp3) is 0.115. The van der Waals surface area contributed by atoms with Gasteiger partial charge in [-0.1, -0.05) is 35.3 Å². The van der Waals surface area contributed by atoms with Crippen LogP contribution in [-0.4, -0.2) is 18.4 Å². The lowest BCUT2D eigenvalue weighted by atomic mass is 10.1. The SMILES string of the molecule is Cc1ccc(NC(=O)COc2ccc(/C=C(/C#N)C(=O)Nc3ccc(Cl)cc3)cc2Cl)cc1C. The Morgan fingerprint density at radius 2 is 1.65 bits per heavy atom. The number of ether oxygens (including phenoxy) is 1. The predicted octanol–water partition coefficient (Wildman–Crippen LogP) is 6.17. The van der Waals surface area contributed by atoms with Crippen molar-refractivity contribution in [3.8, 4) is 11.8 Å². The predicted molar refractivity (Wildman–Crippen MR) is 135 cm³/mol. The minimum atomic E-state index is -0.565. The molecule has 0 radical (unpaired) electrons. The highest BCUT2D eigenvalue weighted by Gasteiger charge is 2.12. The van der Waals surface area contributed by atoms with Crippen LogP contribution in [0.15, 0.2) is 66.2 Å². The van der Waals surface area contributed by atoms with Gasteiger partial charge >= 0.3 is 0 Å². The van der Waals surface area contributed by atoms with E-state index in [4.69, 9.17) is 27.9 Å². The first-order valence-electron chi connectivity index (χ1n) is 10.2. The zero-order valence-electron chi connectivity index (χ0n) is 18.5. The van der Waals surface area contributed by atoms with Gasteiger partial charge in [0.05, 0.1) is 5.02 Å². The van der Waals surface area contributed by atoms with Gasteiger partial charge in [-0.15, -0.1) is 0 Å². The molecule has 3 aromatic rings. The molecule has 0 bridgehead atoms. The molecule has 3 rings (SSSR count). The van der Waals surface area contributed by atoms with Gasteiger partial charge in [0.1, 0.15) is 17.4 Å². The highest BCUT2D eigenvalue weighted by molar-refractivity contribution is 6.32. The topological polar surface area (TPSA) is 91.2 Å². The number of hydrogen-bond donors (Lipinski definition) is 2. The first-order valence-corrected chi connectivity index (χ1v) is 11.0.